The van der Waals surface area contributed by atoms with Crippen LogP contribution in [0.2, 0.25) is 0 Å². The van der Waals surface area contributed by atoms with Crippen molar-refractivity contribution in [3.05, 3.63) is 35.4 Å². The van der Waals surface area contributed by atoms with E-state index in [1.807, 2.05) is 31.2 Å². The lowest BCUT2D eigenvalue weighted by Gasteiger charge is -2.46. The number of aryl methyl sites for hydroxylation is 1. The van der Waals surface area contributed by atoms with Crippen molar-refractivity contribution in [2.75, 3.05) is 6.26 Å². The molecule has 1 saturated heterocycles. The Bertz CT molecular complexity index is 733. The summed E-state index contributed by atoms with van der Waals surface area (Å²) in [6.45, 7) is 1.82. The highest BCUT2D eigenvalue weighted by atomic mass is 32.2. The van der Waals surface area contributed by atoms with Gasteiger partial charge in [0.25, 0.3) is 0 Å². The molecule has 6 nitrogen and oxygen atoms in total. The van der Waals surface area contributed by atoms with Crippen molar-refractivity contribution in [2.24, 2.45) is 5.92 Å². The third-order valence-corrected chi connectivity index (χ3v) is 7.01. The highest BCUT2D eigenvalue weighted by molar-refractivity contribution is 7.88. The second-order valence-electron chi connectivity index (χ2n) is 8.57. The molecule has 1 aliphatic carbocycles. The molecule has 0 amide bonds. The molecule has 0 aromatic heterocycles. The molecule has 2 fully saturated rings. The topological polar surface area (TPSA) is 95.9 Å². The fraction of sp³-hybridized carbons (Fsp3) is 0.714. The summed E-state index contributed by atoms with van der Waals surface area (Å²) in [5.74, 6) is 0.385. The number of hydrogen-bond donors (Lipinski definition) is 3. The molecule has 0 radical (unpaired) electrons. The summed E-state index contributed by atoms with van der Waals surface area (Å²) in [6.07, 6.45) is 6.73. The van der Waals surface area contributed by atoms with Gasteiger partial charge in [0, 0.05) is 18.9 Å². The van der Waals surface area contributed by atoms with Gasteiger partial charge in [-0.3, -0.25) is 0 Å². The molecule has 2 aliphatic rings. The molecule has 3 rings (SSSR count). The van der Waals surface area contributed by atoms with Crippen LogP contribution in [0.25, 0.3) is 0 Å². The van der Waals surface area contributed by atoms with E-state index in [-0.39, 0.29) is 12.5 Å². The molecule has 28 heavy (non-hydrogen) atoms. The lowest BCUT2D eigenvalue weighted by Crippen LogP contribution is -2.50. The Labute approximate surface area is 168 Å². The summed E-state index contributed by atoms with van der Waals surface area (Å²) in [6, 6.07) is 7.67. The van der Waals surface area contributed by atoms with E-state index in [4.69, 9.17) is 4.74 Å². The van der Waals surface area contributed by atoms with E-state index in [9.17, 15) is 18.6 Å². The summed E-state index contributed by atoms with van der Waals surface area (Å²) in [4.78, 5) is 0. The average molecular weight is 412 g/mol. The SMILES string of the molecule is CC(NS(C)(=O)=O)c1ccc(CCC2(C3CCCC3)CC(O)CC(O)O2)cc1. The van der Waals surface area contributed by atoms with Crippen molar-refractivity contribution in [2.45, 2.75) is 82.3 Å². The highest BCUT2D eigenvalue weighted by Crippen LogP contribution is 2.45. The first kappa shape index (κ1) is 21.7. The Kier molecular flexibility index (Phi) is 6.82. The van der Waals surface area contributed by atoms with Crippen molar-refractivity contribution < 1.29 is 23.4 Å². The maximum atomic E-state index is 11.4. The molecule has 0 spiro atoms. The van der Waals surface area contributed by atoms with Gasteiger partial charge in [-0.25, -0.2) is 13.1 Å². The lowest BCUT2D eigenvalue weighted by atomic mass is 9.75. The Morgan fingerprint density at radius 3 is 2.43 bits per heavy atom. The van der Waals surface area contributed by atoms with Crippen LogP contribution in [0.1, 0.15) is 69.0 Å². The lowest BCUT2D eigenvalue weighted by molar-refractivity contribution is -0.256. The van der Waals surface area contributed by atoms with E-state index in [0.29, 0.717) is 12.3 Å². The van der Waals surface area contributed by atoms with Crippen molar-refractivity contribution in [3.8, 4) is 0 Å². The minimum atomic E-state index is -3.25. The number of benzene rings is 1. The predicted octanol–water partition coefficient (Wildman–Crippen LogP) is 2.65. The van der Waals surface area contributed by atoms with E-state index in [2.05, 4.69) is 4.72 Å². The molecule has 1 aromatic rings. The largest absolute Gasteiger partial charge is 0.393 e. The quantitative estimate of drug-likeness (QED) is 0.641. The van der Waals surface area contributed by atoms with Gasteiger partial charge in [0.05, 0.1) is 18.0 Å². The first-order valence-electron chi connectivity index (χ1n) is 10.3. The summed E-state index contributed by atoms with van der Waals surface area (Å²) in [5, 5.41) is 20.4. The summed E-state index contributed by atoms with van der Waals surface area (Å²) in [5.41, 5.74) is 1.60. The fourth-order valence-corrected chi connectivity index (χ4v) is 5.66. The molecule has 0 bridgehead atoms. The van der Waals surface area contributed by atoms with Crippen LogP contribution < -0.4 is 4.72 Å². The van der Waals surface area contributed by atoms with Crippen LogP contribution >= 0.6 is 0 Å². The summed E-state index contributed by atoms with van der Waals surface area (Å²) in [7, 11) is -3.25. The Morgan fingerprint density at radius 1 is 1.21 bits per heavy atom. The zero-order valence-corrected chi connectivity index (χ0v) is 17.6. The fourth-order valence-electron chi connectivity index (χ4n) is 4.88. The number of rotatable bonds is 7. The standard InChI is InChI=1S/C21H33NO5S/c1-15(22-28(2,25)26)17-9-7-16(8-10-17)11-12-21(18-5-3-4-6-18)14-19(23)13-20(24)27-21/h7-10,15,18-20,22-24H,3-6,11-14H2,1-2H3. The Morgan fingerprint density at radius 2 is 1.86 bits per heavy atom. The highest BCUT2D eigenvalue weighted by Gasteiger charge is 2.46. The molecule has 1 aromatic carbocycles. The van der Waals surface area contributed by atoms with Gasteiger partial charge in [0.1, 0.15) is 0 Å². The molecular formula is C21H33NO5S. The van der Waals surface area contributed by atoms with E-state index in [1.54, 1.807) is 0 Å². The number of aliphatic hydroxyl groups is 2. The van der Waals surface area contributed by atoms with Crippen LogP contribution in [-0.4, -0.2) is 42.9 Å². The van der Waals surface area contributed by atoms with E-state index in [1.165, 1.54) is 12.8 Å². The molecule has 4 unspecified atom stereocenters. The molecular weight excluding hydrogens is 378 g/mol. The minimum absolute atomic E-state index is 0.277. The van der Waals surface area contributed by atoms with E-state index >= 15 is 0 Å². The third kappa shape index (κ3) is 5.54. The molecule has 7 heteroatoms. The number of ether oxygens (including phenoxy) is 1. The van der Waals surface area contributed by atoms with Crippen molar-refractivity contribution in [1.29, 1.82) is 0 Å². The van der Waals surface area contributed by atoms with Crippen LogP contribution in [0.4, 0.5) is 0 Å². The minimum Gasteiger partial charge on any atom is -0.393 e. The van der Waals surface area contributed by atoms with Crippen LogP contribution in [0, 0.1) is 5.92 Å². The van der Waals surface area contributed by atoms with Crippen molar-refractivity contribution in [3.63, 3.8) is 0 Å². The zero-order valence-electron chi connectivity index (χ0n) is 16.8. The predicted molar refractivity (Wildman–Crippen MR) is 108 cm³/mol. The van der Waals surface area contributed by atoms with Gasteiger partial charge in [0.15, 0.2) is 6.29 Å². The monoisotopic (exact) mass is 411 g/mol. The van der Waals surface area contributed by atoms with Gasteiger partial charge in [-0.1, -0.05) is 37.1 Å². The molecule has 1 aliphatic heterocycles. The van der Waals surface area contributed by atoms with Gasteiger partial charge >= 0.3 is 0 Å². The first-order chi connectivity index (χ1) is 13.2. The first-order valence-corrected chi connectivity index (χ1v) is 12.2. The maximum Gasteiger partial charge on any atom is 0.209 e. The Balaban J connectivity index is 1.68. The molecule has 4 atom stereocenters. The number of aliphatic hydroxyl groups excluding tert-OH is 2. The van der Waals surface area contributed by atoms with Gasteiger partial charge in [-0.2, -0.15) is 0 Å². The second-order valence-corrected chi connectivity index (χ2v) is 10.3. The third-order valence-electron chi connectivity index (χ3n) is 6.23. The molecule has 3 N–H and O–H groups in total. The van der Waals surface area contributed by atoms with Gasteiger partial charge in [-0.05, 0) is 49.7 Å². The number of sulfonamides is 1. The second kappa shape index (κ2) is 8.79. The average Bonchev–Trinajstić information content (AvgIpc) is 3.13. The van der Waals surface area contributed by atoms with Crippen LogP contribution in [-0.2, 0) is 21.2 Å². The van der Waals surface area contributed by atoms with Crippen molar-refractivity contribution in [1.82, 2.24) is 4.72 Å². The van der Waals surface area contributed by atoms with Crippen LogP contribution in [0.5, 0.6) is 0 Å². The van der Waals surface area contributed by atoms with Crippen molar-refractivity contribution >= 4 is 10.0 Å². The smallest absolute Gasteiger partial charge is 0.209 e. The van der Waals surface area contributed by atoms with Gasteiger partial charge in [0.2, 0.25) is 10.0 Å². The molecule has 1 heterocycles. The molecule has 158 valence electrons. The summed E-state index contributed by atoms with van der Waals surface area (Å²) < 4.78 is 31.5. The normalized spacial score (nSPS) is 30.4. The maximum absolute atomic E-state index is 11.4. The van der Waals surface area contributed by atoms with Crippen LogP contribution in [0.15, 0.2) is 24.3 Å². The van der Waals surface area contributed by atoms with E-state index < -0.39 is 28.0 Å². The van der Waals surface area contributed by atoms with Gasteiger partial charge in [-0.15, -0.1) is 0 Å². The van der Waals surface area contributed by atoms with E-state index in [0.717, 1.165) is 43.1 Å². The Hall–Kier alpha value is -0.990. The van der Waals surface area contributed by atoms with Crippen LogP contribution in [0.3, 0.4) is 0 Å². The number of nitrogens with one attached hydrogen (secondary N) is 1. The molecule has 1 saturated carbocycles. The van der Waals surface area contributed by atoms with Gasteiger partial charge < -0.3 is 14.9 Å². The summed E-state index contributed by atoms with van der Waals surface area (Å²) >= 11 is 0. The number of hydrogen-bond acceptors (Lipinski definition) is 5. The zero-order chi connectivity index (χ0) is 20.4.